The fourth-order valence-electron chi connectivity index (χ4n) is 4.07. The number of morpholine rings is 1. The average Bonchev–Trinajstić information content (AvgIpc) is 3.20. The Hall–Kier alpha value is -1.70. The number of aromatic amines is 1. The highest BCUT2D eigenvalue weighted by molar-refractivity contribution is 6.30. The van der Waals surface area contributed by atoms with Gasteiger partial charge in [-0.15, -0.1) is 5.10 Å². The van der Waals surface area contributed by atoms with Crippen molar-refractivity contribution in [2.24, 2.45) is 0 Å². The van der Waals surface area contributed by atoms with Gasteiger partial charge in [-0.05, 0) is 49.1 Å². The summed E-state index contributed by atoms with van der Waals surface area (Å²) in [6, 6.07) is 9.17. The van der Waals surface area contributed by atoms with E-state index in [1.165, 1.54) is 5.56 Å². The standard InChI is InChI=1S/C18H25ClN6O/c1-13-11-25(16-6-8-24(9-7-16)18-20-22-23-21-18)17(12-26-13)10-14-2-4-15(19)5-3-14/h2-5,13,16-17H,6-12H2,1H3,(H,20,21,22,23)/t13-,17-/m0/s1. The minimum absolute atomic E-state index is 0.284. The minimum atomic E-state index is 0.284. The molecule has 1 N–H and O–H groups in total. The molecule has 0 bridgehead atoms. The van der Waals surface area contributed by atoms with Crippen LogP contribution in [0.4, 0.5) is 5.95 Å². The number of hydrogen-bond acceptors (Lipinski definition) is 6. The number of ether oxygens (including phenoxy) is 1. The lowest BCUT2D eigenvalue weighted by atomic mass is 9.96. The van der Waals surface area contributed by atoms with E-state index in [4.69, 9.17) is 16.3 Å². The third-order valence-electron chi connectivity index (χ3n) is 5.45. The number of hydrogen-bond donors (Lipinski definition) is 1. The van der Waals surface area contributed by atoms with Crippen molar-refractivity contribution in [2.75, 3.05) is 31.1 Å². The van der Waals surface area contributed by atoms with Gasteiger partial charge in [0.05, 0.1) is 12.7 Å². The molecule has 0 radical (unpaired) electrons. The molecule has 2 fully saturated rings. The maximum Gasteiger partial charge on any atom is 0.265 e. The maximum absolute atomic E-state index is 6.02. The Bertz CT molecular complexity index is 686. The van der Waals surface area contributed by atoms with E-state index in [-0.39, 0.29) is 6.10 Å². The second-order valence-electron chi connectivity index (χ2n) is 7.26. The summed E-state index contributed by atoms with van der Waals surface area (Å²) in [5.74, 6) is 0.705. The topological polar surface area (TPSA) is 70.2 Å². The van der Waals surface area contributed by atoms with Gasteiger partial charge in [0.15, 0.2) is 0 Å². The highest BCUT2D eigenvalue weighted by Gasteiger charge is 2.34. The van der Waals surface area contributed by atoms with Gasteiger partial charge in [0, 0.05) is 36.7 Å². The molecule has 0 spiro atoms. The molecule has 0 saturated carbocycles. The van der Waals surface area contributed by atoms with Crippen molar-refractivity contribution >= 4 is 17.5 Å². The first-order chi connectivity index (χ1) is 12.7. The van der Waals surface area contributed by atoms with E-state index in [1.807, 2.05) is 12.1 Å². The van der Waals surface area contributed by atoms with Crippen molar-refractivity contribution in [3.63, 3.8) is 0 Å². The van der Waals surface area contributed by atoms with Crippen molar-refractivity contribution < 1.29 is 4.74 Å². The zero-order chi connectivity index (χ0) is 17.9. The zero-order valence-corrected chi connectivity index (χ0v) is 15.8. The summed E-state index contributed by atoms with van der Waals surface area (Å²) in [6.45, 7) is 5.87. The Morgan fingerprint density at radius 3 is 2.69 bits per heavy atom. The van der Waals surface area contributed by atoms with Gasteiger partial charge in [0.25, 0.3) is 5.95 Å². The van der Waals surface area contributed by atoms with Crippen molar-refractivity contribution in [3.8, 4) is 0 Å². The van der Waals surface area contributed by atoms with Crippen LogP contribution in [0.5, 0.6) is 0 Å². The normalized spacial score (nSPS) is 25.5. The minimum Gasteiger partial charge on any atom is -0.376 e. The smallest absolute Gasteiger partial charge is 0.265 e. The number of nitrogens with zero attached hydrogens (tertiary/aromatic N) is 5. The van der Waals surface area contributed by atoms with Gasteiger partial charge in [0.2, 0.25) is 0 Å². The Kier molecular flexibility index (Phi) is 5.38. The van der Waals surface area contributed by atoms with Gasteiger partial charge >= 0.3 is 0 Å². The average molecular weight is 377 g/mol. The molecular formula is C18H25ClN6O. The molecule has 0 aliphatic carbocycles. The summed E-state index contributed by atoms with van der Waals surface area (Å²) in [6.07, 6.45) is 3.50. The predicted octanol–water partition coefficient (Wildman–Crippen LogP) is 2.15. The van der Waals surface area contributed by atoms with E-state index < -0.39 is 0 Å². The molecule has 0 unspecified atom stereocenters. The number of anilines is 1. The second kappa shape index (κ2) is 7.90. The molecule has 2 aromatic rings. The molecule has 140 valence electrons. The molecule has 2 saturated heterocycles. The van der Waals surface area contributed by atoms with Crippen LogP contribution in [0.15, 0.2) is 24.3 Å². The zero-order valence-electron chi connectivity index (χ0n) is 15.0. The van der Waals surface area contributed by atoms with Crippen LogP contribution in [0.2, 0.25) is 5.02 Å². The molecule has 4 rings (SSSR count). The van der Waals surface area contributed by atoms with Crippen LogP contribution in [0, 0.1) is 0 Å². The van der Waals surface area contributed by atoms with E-state index in [9.17, 15) is 0 Å². The summed E-state index contributed by atoms with van der Waals surface area (Å²) >= 11 is 6.02. The van der Waals surface area contributed by atoms with Gasteiger partial charge in [-0.1, -0.05) is 28.8 Å². The van der Waals surface area contributed by atoms with E-state index in [0.29, 0.717) is 18.0 Å². The van der Waals surface area contributed by atoms with Crippen LogP contribution in [0.25, 0.3) is 0 Å². The Balaban J connectivity index is 1.41. The molecule has 1 aromatic carbocycles. The summed E-state index contributed by atoms with van der Waals surface area (Å²) in [5, 5.41) is 15.2. The summed E-state index contributed by atoms with van der Waals surface area (Å²) in [4.78, 5) is 4.87. The van der Waals surface area contributed by atoms with Gasteiger partial charge in [-0.3, -0.25) is 4.90 Å². The molecule has 26 heavy (non-hydrogen) atoms. The fourth-order valence-corrected chi connectivity index (χ4v) is 4.20. The van der Waals surface area contributed by atoms with E-state index in [2.05, 4.69) is 49.5 Å². The van der Waals surface area contributed by atoms with Crippen LogP contribution < -0.4 is 4.90 Å². The van der Waals surface area contributed by atoms with Crippen LogP contribution in [-0.4, -0.2) is 70.0 Å². The molecule has 7 nitrogen and oxygen atoms in total. The van der Waals surface area contributed by atoms with Gasteiger partial charge in [0.1, 0.15) is 0 Å². The number of aromatic nitrogens is 4. The van der Waals surface area contributed by atoms with Gasteiger partial charge in [-0.2, -0.15) is 5.21 Å². The number of halogens is 1. The van der Waals surface area contributed by atoms with E-state index >= 15 is 0 Å². The largest absolute Gasteiger partial charge is 0.376 e. The summed E-state index contributed by atoms with van der Waals surface area (Å²) in [7, 11) is 0. The number of piperidine rings is 1. The number of rotatable bonds is 4. The van der Waals surface area contributed by atoms with Crippen molar-refractivity contribution in [3.05, 3.63) is 34.9 Å². The van der Waals surface area contributed by atoms with Gasteiger partial charge < -0.3 is 9.64 Å². The van der Waals surface area contributed by atoms with Crippen LogP contribution in [-0.2, 0) is 11.2 Å². The van der Waals surface area contributed by atoms with Crippen molar-refractivity contribution in [1.82, 2.24) is 25.5 Å². The molecule has 2 aliphatic heterocycles. The van der Waals surface area contributed by atoms with Crippen LogP contribution in [0.3, 0.4) is 0 Å². The molecule has 8 heteroatoms. The number of benzene rings is 1. The second-order valence-corrected chi connectivity index (χ2v) is 7.69. The number of tetrazole rings is 1. The highest BCUT2D eigenvalue weighted by atomic mass is 35.5. The van der Waals surface area contributed by atoms with E-state index in [1.54, 1.807) is 0 Å². The van der Waals surface area contributed by atoms with Crippen LogP contribution >= 0.6 is 11.6 Å². The molecule has 2 atom stereocenters. The quantitative estimate of drug-likeness (QED) is 0.881. The Morgan fingerprint density at radius 1 is 1.23 bits per heavy atom. The molecule has 3 heterocycles. The van der Waals surface area contributed by atoms with Crippen LogP contribution in [0.1, 0.15) is 25.3 Å². The first-order valence-electron chi connectivity index (χ1n) is 9.29. The SMILES string of the molecule is C[C@H]1CN(C2CCN(c3nn[nH]n3)CC2)[C@@H](Cc2ccc(Cl)cc2)CO1. The lowest BCUT2D eigenvalue weighted by Gasteiger charge is -2.46. The fraction of sp³-hybridized carbons (Fsp3) is 0.611. The highest BCUT2D eigenvalue weighted by Crippen LogP contribution is 2.26. The molecular weight excluding hydrogens is 352 g/mol. The third kappa shape index (κ3) is 4.00. The number of nitrogens with one attached hydrogen (secondary N) is 1. The molecule has 2 aliphatic rings. The van der Waals surface area contributed by atoms with Crippen molar-refractivity contribution in [1.29, 1.82) is 0 Å². The Morgan fingerprint density at radius 2 is 2.00 bits per heavy atom. The summed E-state index contributed by atoms with van der Waals surface area (Å²) in [5.41, 5.74) is 1.31. The molecule has 0 amide bonds. The maximum atomic E-state index is 6.02. The lowest BCUT2D eigenvalue weighted by molar-refractivity contribution is -0.0745. The first-order valence-corrected chi connectivity index (χ1v) is 9.67. The monoisotopic (exact) mass is 376 g/mol. The van der Waals surface area contributed by atoms with E-state index in [0.717, 1.165) is 50.5 Å². The Labute approximate surface area is 158 Å². The van der Waals surface area contributed by atoms with Crippen molar-refractivity contribution in [2.45, 2.75) is 44.4 Å². The number of H-pyrrole nitrogens is 1. The third-order valence-corrected chi connectivity index (χ3v) is 5.70. The lowest BCUT2D eigenvalue weighted by Crippen LogP contribution is -2.56. The summed E-state index contributed by atoms with van der Waals surface area (Å²) < 4.78 is 5.98. The first kappa shape index (κ1) is 17.7. The predicted molar refractivity (Wildman–Crippen MR) is 100 cm³/mol. The molecule has 1 aromatic heterocycles. The van der Waals surface area contributed by atoms with Gasteiger partial charge in [-0.25, -0.2) is 0 Å².